The summed E-state index contributed by atoms with van der Waals surface area (Å²) in [6.45, 7) is 4.19. The number of hydrogen-bond donors (Lipinski definition) is 1. The average molecular weight is 280 g/mol. The zero-order chi connectivity index (χ0) is 14.8. The van der Waals surface area contributed by atoms with Crippen molar-refractivity contribution in [2.75, 3.05) is 0 Å². The van der Waals surface area contributed by atoms with Crippen molar-refractivity contribution in [1.82, 2.24) is 15.0 Å². The number of benzene rings is 2. The van der Waals surface area contributed by atoms with E-state index in [-0.39, 0.29) is 6.04 Å². The molecule has 4 heteroatoms. The molecule has 0 saturated heterocycles. The van der Waals surface area contributed by atoms with Crippen LogP contribution in [-0.2, 0) is 6.42 Å². The van der Waals surface area contributed by atoms with Gasteiger partial charge in [0.2, 0.25) is 0 Å². The Kier molecular flexibility index (Phi) is 3.71. The molecular formula is C17H20N4. The molecule has 108 valence electrons. The van der Waals surface area contributed by atoms with Gasteiger partial charge in [-0.1, -0.05) is 55.5 Å². The highest BCUT2D eigenvalue weighted by Gasteiger charge is 2.18. The maximum Gasteiger partial charge on any atom is 0.103 e. The van der Waals surface area contributed by atoms with E-state index in [9.17, 15) is 0 Å². The van der Waals surface area contributed by atoms with Gasteiger partial charge in [0.05, 0.1) is 17.4 Å². The largest absolute Gasteiger partial charge is 0.323 e. The Morgan fingerprint density at radius 1 is 1.10 bits per heavy atom. The van der Waals surface area contributed by atoms with Crippen LogP contribution >= 0.6 is 0 Å². The van der Waals surface area contributed by atoms with E-state index in [0.29, 0.717) is 0 Å². The van der Waals surface area contributed by atoms with Gasteiger partial charge in [0.15, 0.2) is 0 Å². The third-order valence-electron chi connectivity index (χ3n) is 3.91. The SMILES string of the molecule is CCc1c(C(N)CC)nnn1-c1cccc2ccccc12. The molecule has 3 aromatic rings. The summed E-state index contributed by atoms with van der Waals surface area (Å²) in [4.78, 5) is 0. The van der Waals surface area contributed by atoms with Crippen molar-refractivity contribution in [3.63, 3.8) is 0 Å². The van der Waals surface area contributed by atoms with Gasteiger partial charge in [0.25, 0.3) is 0 Å². The molecule has 0 aliphatic rings. The highest BCUT2D eigenvalue weighted by Crippen LogP contribution is 2.25. The topological polar surface area (TPSA) is 56.7 Å². The van der Waals surface area contributed by atoms with Crippen LogP contribution < -0.4 is 5.73 Å². The van der Waals surface area contributed by atoms with Gasteiger partial charge in [-0.15, -0.1) is 5.10 Å². The van der Waals surface area contributed by atoms with Crippen LogP contribution in [0.1, 0.15) is 37.7 Å². The van der Waals surface area contributed by atoms with E-state index in [1.807, 2.05) is 16.8 Å². The van der Waals surface area contributed by atoms with Crippen LogP contribution in [0.15, 0.2) is 42.5 Å². The molecule has 4 nitrogen and oxygen atoms in total. The second-order valence-corrected chi connectivity index (χ2v) is 5.20. The van der Waals surface area contributed by atoms with Crippen molar-refractivity contribution in [1.29, 1.82) is 0 Å². The van der Waals surface area contributed by atoms with Crippen LogP contribution in [-0.4, -0.2) is 15.0 Å². The number of fused-ring (bicyclic) bond motifs is 1. The van der Waals surface area contributed by atoms with Crippen LogP contribution in [0.25, 0.3) is 16.5 Å². The van der Waals surface area contributed by atoms with Crippen molar-refractivity contribution < 1.29 is 0 Å². The molecule has 2 aromatic carbocycles. The summed E-state index contributed by atoms with van der Waals surface area (Å²) in [6.07, 6.45) is 1.72. The summed E-state index contributed by atoms with van der Waals surface area (Å²) in [7, 11) is 0. The fraction of sp³-hybridized carbons (Fsp3) is 0.294. The second kappa shape index (κ2) is 5.66. The Bertz CT molecular complexity index is 755. The molecule has 0 saturated carbocycles. The molecule has 0 bridgehead atoms. The van der Waals surface area contributed by atoms with Gasteiger partial charge in [0, 0.05) is 5.39 Å². The van der Waals surface area contributed by atoms with E-state index in [1.165, 1.54) is 10.8 Å². The maximum atomic E-state index is 6.16. The first-order valence-electron chi connectivity index (χ1n) is 7.44. The predicted octanol–water partition coefficient (Wildman–Crippen LogP) is 3.39. The van der Waals surface area contributed by atoms with Gasteiger partial charge in [0.1, 0.15) is 5.69 Å². The highest BCUT2D eigenvalue weighted by atomic mass is 15.4. The predicted molar refractivity (Wildman–Crippen MR) is 85.5 cm³/mol. The Balaban J connectivity index is 2.22. The van der Waals surface area contributed by atoms with Gasteiger partial charge in [-0.3, -0.25) is 0 Å². The normalized spacial score (nSPS) is 12.7. The van der Waals surface area contributed by atoms with Crippen molar-refractivity contribution in [3.8, 4) is 5.69 Å². The fourth-order valence-electron chi connectivity index (χ4n) is 2.71. The summed E-state index contributed by atoms with van der Waals surface area (Å²) < 4.78 is 1.94. The van der Waals surface area contributed by atoms with E-state index >= 15 is 0 Å². The third kappa shape index (κ3) is 2.32. The fourth-order valence-corrected chi connectivity index (χ4v) is 2.71. The lowest BCUT2D eigenvalue weighted by molar-refractivity contribution is 0.665. The summed E-state index contributed by atoms with van der Waals surface area (Å²) in [5.74, 6) is 0. The number of aromatic nitrogens is 3. The molecule has 0 spiro atoms. The van der Waals surface area contributed by atoms with Crippen molar-refractivity contribution in [3.05, 3.63) is 53.9 Å². The Labute approximate surface area is 124 Å². The molecule has 1 unspecified atom stereocenters. The standard InChI is InChI=1S/C17H20N4/c1-3-14(18)17-15(4-2)21(20-19-17)16-11-7-9-12-8-5-6-10-13(12)16/h5-11,14H,3-4,18H2,1-2H3. The molecule has 1 aromatic heterocycles. The average Bonchev–Trinajstić information content (AvgIpc) is 2.97. The lowest BCUT2D eigenvalue weighted by Crippen LogP contribution is -2.12. The van der Waals surface area contributed by atoms with E-state index in [4.69, 9.17) is 5.73 Å². The molecule has 0 fully saturated rings. The number of nitrogens with zero attached hydrogens (tertiary/aromatic N) is 3. The van der Waals surface area contributed by atoms with Gasteiger partial charge < -0.3 is 5.73 Å². The van der Waals surface area contributed by atoms with Crippen LogP contribution in [0.2, 0.25) is 0 Å². The van der Waals surface area contributed by atoms with Crippen molar-refractivity contribution >= 4 is 10.8 Å². The van der Waals surface area contributed by atoms with Crippen LogP contribution in [0, 0.1) is 0 Å². The Hall–Kier alpha value is -2.20. The van der Waals surface area contributed by atoms with E-state index in [0.717, 1.165) is 29.9 Å². The lowest BCUT2D eigenvalue weighted by Gasteiger charge is -2.11. The Morgan fingerprint density at radius 2 is 1.86 bits per heavy atom. The summed E-state index contributed by atoms with van der Waals surface area (Å²) in [5, 5.41) is 11.1. The first-order chi connectivity index (χ1) is 10.3. The minimum Gasteiger partial charge on any atom is -0.323 e. The molecular weight excluding hydrogens is 260 g/mol. The third-order valence-corrected chi connectivity index (χ3v) is 3.91. The van der Waals surface area contributed by atoms with Crippen molar-refractivity contribution in [2.24, 2.45) is 5.73 Å². The molecule has 21 heavy (non-hydrogen) atoms. The highest BCUT2D eigenvalue weighted by molar-refractivity contribution is 5.90. The van der Waals surface area contributed by atoms with Crippen molar-refractivity contribution in [2.45, 2.75) is 32.7 Å². The second-order valence-electron chi connectivity index (χ2n) is 5.20. The van der Waals surface area contributed by atoms with Gasteiger partial charge in [-0.05, 0) is 24.3 Å². The van der Waals surface area contributed by atoms with E-state index < -0.39 is 0 Å². The zero-order valence-corrected chi connectivity index (χ0v) is 12.5. The zero-order valence-electron chi connectivity index (χ0n) is 12.5. The molecule has 0 amide bonds. The van der Waals surface area contributed by atoms with E-state index in [2.05, 4.69) is 54.5 Å². The first kappa shape index (κ1) is 13.8. The van der Waals surface area contributed by atoms with Crippen LogP contribution in [0.5, 0.6) is 0 Å². The lowest BCUT2D eigenvalue weighted by atomic mass is 10.1. The van der Waals surface area contributed by atoms with Gasteiger partial charge in [-0.25, -0.2) is 4.68 Å². The first-order valence-corrected chi connectivity index (χ1v) is 7.44. The molecule has 0 aliphatic heterocycles. The minimum absolute atomic E-state index is 0.0522. The van der Waals surface area contributed by atoms with Gasteiger partial charge >= 0.3 is 0 Å². The van der Waals surface area contributed by atoms with Crippen LogP contribution in [0.4, 0.5) is 0 Å². The van der Waals surface area contributed by atoms with Gasteiger partial charge in [-0.2, -0.15) is 0 Å². The summed E-state index contributed by atoms with van der Waals surface area (Å²) in [6, 6.07) is 14.5. The minimum atomic E-state index is -0.0522. The summed E-state index contributed by atoms with van der Waals surface area (Å²) in [5.41, 5.74) is 9.23. The quantitative estimate of drug-likeness (QED) is 0.797. The molecule has 2 N–H and O–H groups in total. The number of rotatable bonds is 4. The smallest absolute Gasteiger partial charge is 0.103 e. The molecule has 1 atom stereocenters. The molecule has 0 radical (unpaired) electrons. The van der Waals surface area contributed by atoms with Crippen LogP contribution in [0.3, 0.4) is 0 Å². The Morgan fingerprint density at radius 3 is 2.62 bits per heavy atom. The number of hydrogen-bond acceptors (Lipinski definition) is 3. The van der Waals surface area contributed by atoms with E-state index in [1.54, 1.807) is 0 Å². The monoisotopic (exact) mass is 280 g/mol. The molecule has 0 aliphatic carbocycles. The maximum absolute atomic E-state index is 6.16. The molecule has 3 rings (SSSR count). The molecule has 1 heterocycles. The number of nitrogens with two attached hydrogens (primary N) is 1. The summed E-state index contributed by atoms with van der Waals surface area (Å²) >= 11 is 0.